The summed E-state index contributed by atoms with van der Waals surface area (Å²) in [6.45, 7) is 3.52. The predicted molar refractivity (Wildman–Crippen MR) is 87.5 cm³/mol. The number of carbonyl (C=O) groups is 1. The van der Waals surface area contributed by atoms with E-state index < -0.39 is 10.0 Å². The minimum absolute atomic E-state index is 0.0774. The lowest BCUT2D eigenvalue weighted by molar-refractivity contribution is -0.120. The number of hydrogen-bond acceptors (Lipinski definition) is 5. The Bertz CT molecular complexity index is 660. The first-order valence-electron chi connectivity index (χ1n) is 7.56. The Hall–Kier alpha value is -1.96. The fourth-order valence-electron chi connectivity index (χ4n) is 2.23. The molecule has 1 N–H and O–H groups in total. The molecule has 0 saturated carbocycles. The molecule has 1 aliphatic heterocycles. The van der Waals surface area contributed by atoms with E-state index in [0.717, 1.165) is 12.7 Å². The summed E-state index contributed by atoms with van der Waals surface area (Å²) in [6, 6.07) is 4.96. The van der Waals surface area contributed by atoms with Crippen LogP contribution in [0.2, 0.25) is 0 Å². The first-order valence-corrected chi connectivity index (χ1v) is 9.40. The van der Waals surface area contributed by atoms with Gasteiger partial charge < -0.3 is 14.8 Å². The maximum Gasteiger partial charge on any atom is 0.232 e. The second kappa shape index (κ2) is 7.54. The van der Waals surface area contributed by atoms with Crippen LogP contribution in [-0.4, -0.2) is 46.9 Å². The molecule has 1 heterocycles. The number of fused-ring (bicyclic) bond motifs is 1. The zero-order chi connectivity index (χ0) is 16.9. The summed E-state index contributed by atoms with van der Waals surface area (Å²) < 4.78 is 36.2. The van der Waals surface area contributed by atoms with E-state index in [-0.39, 0.29) is 18.9 Å². The summed E-state index contributed by atoms with van der Waals surface area (Å²) in [7, 11) is -3.50. The van der Waals surface area contributed by atoms with Crippen molar-refractivity contribution in [2.75, 3.05) is 36.9 Å². The largest absolute Gasteiger partial charge is 0.486 e. The molecule has 1 aromatic carbocycles. The van der Waals surface area contributed by atoms with E-state index in [1.165, 1.54) is 4.31 Å². The second-order valence-electron chi connectivity index (χ2n) is 5.26. The van der Waals surface area contributed by atoms with Gasteiger partial charge in [0.05, 0.1) is 11.9 Å². The van der Waals surface area contributed by atoms with E-state index >= 15 is 0 Å². The molecule has 8 heteroatoms. The van der Waals surface area contributed by atoms with Gasteiger partial charge in [0.15, 0.2) is 11.5 Å². The lowest BCUT2D eigenvalue weighted by atomic mass is 10.2. The molecule has 1 aliphatic rings. The first-order chi connectivity index (χ1) is 10.9. The van der Waals surface area contributed by atoms with Crippen LogP contribution in [-0.2, 0) is 14.8 Å². The Morgan fingerprint density at radius 3 is 2.61 bits per heavy atom. The Morgan fingerprint density at radius 1 is 1.26 bits per heavy atom. The summed E-state index contributed by atoms with van der Waals surface area (Å²) in [5.41, 5.74) is 0.458. The monoisotopic (exact) mass is 342 g/mol. The van der Waals surface area contributed by atoms with Crippen LogP contribution in [0.4, 0.5) is 5.69 Å². The van der Waals surface area contributed by atoms with Crippen LogP contribution in [0.1, 0.15) is 19.8 Å². The van der Waals surface area contributed by atoms with Crippen molar-refractivity contribution >= 4 is 21.6 Å². The number of amides is 1. The lowest BCUT2D eigenvalue weighted by Crippen LogP contribution is -2.35. The molecule has 0 saturated heterocycles. The average molecular weight is 342 g/mol. The van der Waals surface area contributed by atoms with E-state index in [1.54, 1.807) is 18.2 Å². The number of anilines is 1. The highest BCUT2D eigenvalue weighted by molar-refractivity contribution is 7.92. The lowest BCUT2D eigenvalue weighted by Gasteiger charge is -2.25. The summed E-state index contributed by atoms with van der Waals surface area (Å²) in [6.07, 6.45) is 2.05. The van der Waals surface area contributed by atoms with E-state index in [1.807, 2.05) is 6.92 Å². The summed E-state index contributed by atoms with van der Waals surface area (Å²) in [5, 5.41) is 2.74. The molecule has 0 fully saturated rings. The molecular weight excluding hydrogens is 320 g/mol. The standard InChI is InChI=1S/C15H22N2O5S/c1-3-7-16-15(18)6-8-17(23(2,19)20)12-4-5-13-14(11-12)22-10-9-21-13/h4-5,11H,3,6-10H2,1-2H3,(H,16,18). The third-order valence-electron chi connectivity index (χ3n) is 3.33. The topological polar surface area (TPSA) is 84.9 Å². The van der Waals surface area contributed by atoms with Gasteiger partial charge in [-0.1, -0.05) is 6.92 Å². The van der Waals surface area contributed by atoms with Crippen LogP contribution >= 0.6 is 0 Å². The van der Waals surface area contributed by atoms with Gasteiger partial charge in [-0.3, -0.25) is 9.10 Å². The molecule has 0 atom stereocenters. The molecule has 128 valence electrons. The van der Waals surface area contributed by atoms with Crippen molar-refractivity contribution in [1.82, 2.24) is 5.32 Å². The molecule has 0 aliphatic carbocycles. The maximum absolute atomic E-state index is 12.0. The van der Waals surface area contributed by atoms with Gasteiger partial charge >= 0.3 is 0 Å². The Balaban J connectivity index is 2.14. The second-order valence-corrected chi connectivity index (χ2v) is 7.17. The van der Waals surface area contributed by atoms with Crippen LogP contribution < -0.4 is 19.1 Å². The molecule has 0 spiro atoms. The number of rotatable bonds is 7. The van der Waals surface area contributed by atoms with Crippen LogP contribution in [0.5, 0.6) is 11.5 Å². The molecule has 1 aromatic rings. The highest BCUT2D eigenvalue weighted by Crippen LogP contribution is 2.34. The van der Waals surface area contributed by atoms with E-state index in [9.17, 15) is 13.2 Å². The molecule has 23 heavy (non-hydrogen) atoms. The molecule has 0 aromatic heterocycles. The van der Waals surface area contributed by atoms with Crippen molar-refractivity contribution in [2.24, 2.45) is 0 Å². The minimum atomic E-state index is -3.50. The van der Waals surface area contributed by atoms with Gasteiger partial charge in [0.1, 0.15) is 13.2 Å². The van der Waals surface area contributed by atoms with Gasteiger partial charge in [-0.2, -0.15) is 0 Å². The fourth-order valence-corrected chi connectivity index (χ4v) is 3.15. The zero-order valence-corrected chi connectivity index (χ0v) is 14.2. The number of sulfonamides is 1. The quantitative estimate of drug-likeness (QED) is 0.803. The molecule has 2 rings (SSSR count). The predicted octanol–water partition coefficient (Wildman–Crippen LogP) is 1.14. The molecule has 0 bridgehead atoms. The molecular formula is C15H22N2O5S. The number of nitrogens with one attached hydrogen (secondary N) is 1. The minimum Gasteiger partial charge on any atom is -0.486 e. The van der Waals surface area contributed by atoms with Gasteiger partial charge in [0.25, 0.3) is 0 Å². The number of nitrogens with zero attached hydrogens (tertiary/aromatic N) is 1. The van der Waals surface area contributed by atoms with E-state index in [2.05, 4.69) is 5.32 Å². The van der Waals surface area contributed by atoms with Crippen molar-refractivity contribution in [3.8, 4) is 11.5 Å². The maximum atomic E-state index is 12.0. The van der Waals surface area contributed by atoms with Crippen molar-refractivity contribution in [1.29, 1.82) is 0 Å². The highest BCUT2D eigenvalue weighted by Gasteiger charge is 2.21. The van der Waals surface area contributed by atoms with Crippen molar-refractivity contribution in [3.63, 3.8) is 0 Å². The van der Waals surface area contributed by atoms with E-state index in [4.69, 9.17) is 9.47 Å². The molecule has 0 unspecified atom stereocenters. The smallest absolute Gasteiger partial charge is 0.232 e. The van der Waals surface area contributed by atoms with Gasteiger partial charge in [-0.25, -0.2) is 8.42 Å². The van der Waals surface area contributed by atoms with E-state index in [0.29, 0.717) is 36.9 Å². The highest BCUT2D eigenvalue weighted by atomic mass is 32.2. The summed E-state index contributed by atoms with van der Waals surface area (Å²) >= 11 is 0. The summed E-state index contributed by atoms with van der Waals surface area (Å²) in [4.78, 5) is 11.7. The average Bonchev–Trinajstić information content (AvgIpc) is 2.51. The third kappa shape index (κ3) is 4.75. The Labute approximate surface area is 136 Å². The van der Waals surface area contributed by atoms with Crippen LogP contribution in [0.25, 0.3) is 0 Å². The van der Waals surface area contributed by atoms with Crippen molar-refractivity contribution < 1.29 is 22.7 Å². The van der Waals surface area contributed by atoms with Crippen LogP contribution in [0.3, 0.4) is 0 Å². The van der Waals surface area contributed by atoms with Gasteiger partial charge in [-0.15, -0.1) is 0 Å². The normalized spacial score (nSPS) is 13.5. The number of benzene rings is 1. The number of hydrogen-bond donors (Lipinski definition) is 1. The SMILES string of the molecule is CCCNC(=O)CCN(c1ccc2c(c1)OCCO2)S(C)(=O)=O. The molecule has 7 nitrogen and oxygen atoms in total. The zero-order valence-electron chi connectivity index (χ0n) is 13.4. The Morgan fingerprint density at radius 2 is 1.96 bits per heavy atom. The van der Waals surface area contributed by atoms with Gasteiger partial charge in [0, 0.05) is 25.6 Å². The van der Waals surface area contributed by atoms with Gasteiger partial charge in [0.2, 0.25) is 15.9 Å². The van der Waals surface area contributed by atoms with Gasteiger partial charge in [-0.05, 0) is 18.6 Å². The van der Waals surface area contributed by atoms with Crippen LogP contribution in [0.15, 0.2) is 18.2 Å². The summed E-state index contributed by atoms with van der Waals surface area (Å²) in [5.74, 6) is 0.935. The number of ether oxygens (including phenoxy) is 2. The molecule has 1 amide bonds. The third-order valence-corrected chi connectivity index (χ3v) is 4.52. The van der Waals surface area contributed by atoms with Crippen molar-refractivity contribution in [2.45, 2.75) is 19.8 Å². The van der Waals surface area contributed by atoms with Crippen molar-refractivity contribution in [3.05, 3.63) is 18.2 Å². The number of carbonyl (C=O) groups excluding carboxylic acids is 1. The fraction of sp³-hybridized carbons (Fsp3) is 0.533. The molecule has 0 radical (unpaired) electrons. The van der Waals surface area contributed by atoms with Crippen LogP contribution in [0, 0.1) is 0 Å². The Kier molecular flexibility index (Phi) is 5.70. The first kappa shape index (κ1) is 17.4.